The Balaban J connectivity index is 0.00000103. The number of aromatic nitrogens is 1. The van der Waals surface area contributed by atoms with Crippen molar-refractivity contribution in [3.05, 3.63) is 102 Å². The molecule has 0 fully saturated rings. The predicted molar refractivity (Wildman–Crippen MR) is 145 cm³/mol. The number of nitriles is 1. The lowest BCUT2D eigenvalue weighted by Crippen LogP contribution is -2.07. The molecule has 4 rings (SSSR count). The summed E-state index contributed by atoms with van der Waals surface area (Å²) in [5.41, 5.74) is 1.70. The number of benzene rings is 3. The highest BCUT2D eigenvalue weighted by molar-refractivity contribution is 14.1. The van der Waals surface area contributed by atoms with Crippen molar-refractivity contribution in [2.24, 2.45) is 0 Å². The first-order chi connectivity index (χ1) is 16.9. The number of para-hydroxylation sites is 1. The van der Waals surface area contributed by atoms with Gasteiger partial charge in [0.15, 0.2) is 0 Å². The van der Waals surface area contributed by atoms with E-state index in [1.54, 1.807) is 18.2 Å². The van der Waals surface area contributed by atoms with Gasteiger partial charge in [-0.05, 0) is 65.4 Å². The largest absolute Gasteiger partial charge is 0.457 e. The molecule has 0 aliphatic heterocycles. The lowest BCUT2D eigenvalue weighted by molar-refractivity contribution is -0.137. The summed E-state index contributed by atoms with van der Waals surface area (Å²) in [4.78, 5) is 1.97. The van der Waals surface area contributed by atoms with Gasteiger partial charge in [-0.25, -0.2) is 0 Å². The monoisotopic (exact) mass is 590 g/mol. The van der Waals surface area contributed by atoms with Crippen LogP contribution < -0.4 is 4.74 Å². The fraction of sp³-hybridized carbons (Fsp3) is 0.179. The van der Waals surface area contributed by atoms with Gasteiger partial charge in [-0.15, -0.1) is 6.58 Å². The average Bonchev–Trinajstić information content (AvgIpc) is 3.25. The molecule has 0 unspecified atom stereocenters. The number of fused-ring (bicyclic) bond motifs is 1. The lowest BCUT2D eigenvalue weighted by Gasteiger charge is -2.12. The van der Waals surface area contributed by atoms with E-state index in [1.807, 2.05) is 55.2 Å². The number of hydrogen-bond acceptors (Lipinski definition) is 2. The number of rotatable bonds is 5. The topological polar surface area (TPSA) is 38.0 Å². The van der Waals surface area contributed by atoms with E-state index in [4.69, 9.17) is 10.00 Å². The maximum atomic E-state index is 13.0. The van der Waals surface area contributed by atoms with Crippen LogP contribution in [0, 0.1) is 11.3 Å². The van der Waals surface area contributed by atoms with Crippen molar-refractivity contribution in [2.45, 2.75) is 26.4 Å². The third-order valence-electron chi connectivity index (χ3n) is 4.93. The first-order valence-electron chi connectivity index (χ1n) is 10.9. The van der Waals surface area contributed by atoms with Crippen molar-refractivity contribution in [2.75, 3.05) is 4.93 Å². The zero-order chi connectivity index (χ0) is 26.0. The van der Waals surface area contributed by atoms with Gasteiger partial charge in [0.05, 0.1) is 22.7 Å². The Bertz CT molecular complexity index is 1300. The second kappa shape index (κ2) is 13.0. The maximum absolute atomic E-state index is 13.0. The Morgan fingerprint density at radius 3 is 2.23 bits per heavy atom. The Morgan fingerprint density at radius 2 is 1.63 bits per heavy atom. The average molecular weight is 590 g/mol. The van der Waals surface area contributed by atoms with Crippen molar-refractivity contribution in [1.82, 2.24) is 4.57 Å². The molecule has 3 nitrogen and oxygen atoms in total. The van der Waals surface area contributed by atoms with Crippen molar-refractivity contribution in [1.29, 1.82) is 5.26 Å². The van der Waals surface area contributed by atoms with Crippen molar-refractivity contribution in [3.63, 3.8) is 0 Å². The van der Waals surface area contributed by atoms with Gasteiger partial charge >= 0.3 is 6.18 Å². The van der Waals surface area contributed by atoms with Gasteiger partial charge in [-0.1, -0.05) is 60.7 Å². The molecular weight excluding hydrogens is 564 g/mol. The fourth-order valence-electron chi connectivity index (χ4n) is 3.52. The minimum atomic E-state index is -4.59. The third kappa shape index (κ3) is 6.67. The maximum Gasteiger partial charge on any atom is 0.417 e. The number of alkyl halides is 4. The molecule has 0 atom stereocenters. The number of nitrogens with zero attached hydrogens (tertiary/aromatic N) is 2. The smallest absolute Gasteiger partial charge is 0.417 e. The molecule has 4 aromatic rings. The second-order valence-corrected chi connectivity index (χ2v) is 6.95. The number of ether oxygens (including phenoxy) is 1. The molecule has 1 heterocycles. The van der Waals surface area contributed by atoms with Crippen LogP contribution in [0.4, 0.5) is 13.2 Å². The van der Waals surface area contributed by atoms with Crippen LogP contribution in [0.15, 0.2) is 85.6 Å². The van der Waals surface area contributed by atoms with Crippen LogP contribution in [0.25, 0.3) is 16.6 Å². The van der Waals surface area contributed by atoms with Crippen LogP contribution in [0.1, 0.15) is 30.5 Å². The second-order valence-electron chi connectivity index (χ2n) is 6.95. The highest BCUT2D eigenvalue weighted by Gasteiger charge is 2.33. The van der Waals surface area contributed by atoms with E-state index in [9.17, 15) is 13.2 Å². The standard InChI is InChI=1S/C25H17F3N2O.C2H6.CH3I/c1-2-5-17-16-30(24-7-4-3-6-22(17)24)19-8-10-20(11-9-19)31-21-12-13-23(25(26,27)28)18(14-21)15-29;2*1-2/h2-4,6-14,16H,1,5H2;1-2H3;1H3. The molecular formula is C28H26F3IN2O. The Kier molecular flexibility index (Phi) is 10.4. The third-order valence-corrected chi connectivity index (χ3v) is 4.93. The Hall–Kier alpha value is -3.25. The molecule has 0 saturated carbocycles. The summed E-state index contributed by atoms with van der Waals surface area (Å²) >= 11 is 2.15. The molecule has 182 valence electrons. The van der Waals surface area contributed by atoms with Crippen LogP contribution in [-0.2, 0) is 12.6 Å². The van der Waals surface area contributed by atoms with Crippen LogP contribution in [0.5, 0.6) is 11.5 Å². The Morgan fingerprint density at radius 1 is 1.00 bits per heavy atom. The number of hydrogen-bond donors (Lipinski definition) is 0. The molecule has 0 N–H and O–H groups in total. The van der Waals surface area contributed by atoms with E-state index in [1.165, 1.54) is 11.6 Å². The van der Waals surface area contributed by atoms with Crippen LogP contribution in [0.2, 0.25) is 0 Å². The summed E-state index contributed by atoms with van der Waals surface area (Å²) in [6.07, 6.45) is 0.0962. The quantitative estimate of drug-likeness (QED) is 0.132. The summed E-state index contributed by atoms with van der Waals surface area (Å²) in [6.45, 7) is 7.82. The molecule has 0 aliphatic rings. The van der Waals surface area contributed by atoms with E-state index in [0.29, 0.717) is 5.75 Å². The van der Waals surface area contributed by atoms with Crippen LogP contribution in [-0.4, -0.2) is 9.50 Å². The summed E-state index contributed by atoms with van der Waals surface area (Å²) in [5, 5.41) is 10.2. The zero-order valence-electron chi connectivity index (χ0n) is 19.7. The molecule has 0 aliphatic carbocycles. The summed E-state index contributed by atoms with van der Waals surface area (Å²) in [6, 6.07) is 20.0. The van der Waals surface area contributed by atoms with Gasteiger partial charge in [0.2, 0.25) is 0 Å². The molecule has 0 saturated heterocycles. The summed E-state index contributed by atoms with van der Waals surface area (Å²) < 4.78 is 46.6. The molecule has 0 amide bonds. The first kappa shape index (κ1) is 28.0. The highest BCUT2D eigenvalue weighted by atomic mass is 127. The fourth-order valence-corrected chi connectivity index (χ4v) is 3.52. The van der Waals surface area contributed by atoms with Crippen molar-refractivity contribution >= 4 is 33.5 Å². The molecule has 35 heavy (non-hydrogen) atoms. The minimum Gasteiger partial charge on any atom is -0.457 e. The van der Waals surface area contributed by atoms with Gasteiger partial charge in [-0.2, -0.15) is 18.4 Å². The van der Waals surface area contributed by atoms with Gasteiger partial charge in [0.25, 0.3) is 0 Å². The first-order valence-corrected chi connectivity index (χ1v) is 13.0. The predicted octanol–water partition coefficient (Wildman–Crippen LogP) is 9.12. The highest BCUT2D eigenvalue weighted by Crippen LogP contribution is 2.35. The van der Waals surface area contributed by atoms with E-state index in [2.05, 4.69) is 46.0 Å². The van der Waals surface area contributed by atoms with Gasteiger partial charge in [0, 0.05) is 17.3 Å². The van der Waals surface area contributed by atoms with Gasteiger partial charge < -0.3 is 9.30 Å². The molecule has 0 radical (unpaired) electrons. The molecule has 7 heteroatoms. The molecule has 0 bridgehead atoms. The van der Waals surface area contributed by atoms with E-state index in [-0.39, 0.29) is 5.75 Å². The van der Waals surface area contributed by atoms with E-state index >= 15 is 0 Å². The molecule has 0 spiro atoms. The van der Waals surface area contributed by atoms with E-state index in [0.717, 1.165) is 35.1 Å². The van der Waals surface area contributed by atoms with Gasteiger partial charge in [-0.3, -0.25) is 0 Å². The van der Waals surface area contributed by atoms with Crippen LogP contribution >= 0.6 is 22.6 Å². The van der Waals surface area contributed by atoms with Crippen LogP contribution in [0.3, 0.4) is 0 Å². The molecule has 1 aromatic heterocycles. The SMILES string of the molecule is C=CCc1cn(-c2ccc(Oc3ccc(C(F)(F)F)c(C#N)c3)cc2)c2ccccc12.CC.CI. The number of halogens is 4. The molecule has 3 aromatic carbocycles. The van der Waals surface area contributed by atoms with Crippen molar-refractivity contribution in [3.8, 4) is 23.3 Å². The van der Waals surface area contributed by atoms with Gasteiger partial charge in [0.1, 0.15) is 11.5 Å². The number of allylic oxidation sites excluding steroid dienone is 1. The van der Waals surface area contributed by atoms with Crippen molar-refractivity contribution < 1.29 is 17.9 Å². The lowest BCUT2D eigenvalue weighted by atomic mass is 10.1. The van der Waals surface area contributed by atoms with E-state index < -0.39 is 17.3 Å². The minimum absolute atomic E-state index is 0.164. The summed E-state index contributed by atoms with van der Waals surface area (Å²) in [5.74, 6) is 0.618. The zero-order valence-corrected chi connectivity index (χ0v) is 21.9. The summed E-state index contributed by atoms with van der Waals surface area (Å²) in [7, 11) is 0. The Labute approximate surface area is 217 Å². The normalized spacial score (nSPS) is 10.3.